The summed E-state index contributed by atoms with van der Waals surface area (Å²) < 4.78 is 11.1. The van der Waals surface area contributed by atoms with Crippen molar-refractivity contribution in [3.63, 3.8) is 0 Å². The Labute approximate surface area is 124 Å². The van der Waals surface area contributed by atoms with Crippen LogP contribution in [0.5, 0.6) is 11.5 Å². The van der Waals surface area contributed by atoms with Crippen LogP contribution in [0.4, 0.5) is 0 Å². The van der Waals surface area contributed by atoms with Gasteiger partial charge in [0.15, 0.2) is 11.5 Å². The normalized spacial score (nSPS) is 10.3. The summed E-state index contributed by atoms with van der Waals surface area (Å²) in [5, 5.41) is 9.28. The third-order valence-electron chi connectivity index (χ3n) is 2.80. The lowest BCUT2D eigenvalue weighted by atomic mass is 10.2. The van der Waals surface area contributed by atoms with Crippen LogP contribution in [-0.4, -0.2) is 24.3 Å². The molecule has 0 saturated carbocycles. The molecular formula is C15H21ClO4. The summed E-state index contributed by atoms with van der Waals surface area (Å²) in [5.74, 6) is -0.231. The Balaban J connectivity index is 2.79. The third-order valence-corrected chi connectivity index (χ3v) is 3.08. The summed E-state index contributed by atoms with van der Waals surface area (Å²) in [7, 11) is 0. The van der Waals surface area contributed by atoms with E-state index < -0.39 is 5.97 Å². The zero-order chi connectivity index (χ0) is 15.0. The molecule has 0 atom stereocenters. The number of hydrogen-bond donors (Lipinski definition) is 1. The number of carboxylic acids is 1. The van der Waals surface area contributed by atoms with Crippen molar-refractivity contribution in [3.8, 4) is 11.5 Å². The highest BCUT2D eigenvalue weighted by Gasteiger charge is 2.15. The molecular weight excluding hydrogens is 280 g/mol. The Morgan fingerprint density at radius 2 is 1.95 bits per heavy atom. The minimum absolute atomic E-state index is 0.0942. The Morgan fingerprint density at radius 1 is 1.20 bits per heavy atom. The van der Waals surface area contributed by atoms with E-state index in [1.165, 1.54) is 18.6 Å². The van der Waals surface area contributed by atoms with Crippen molar-refractivity contribution in [2.24, 2.45) is 0 Å². The molecule has 0 aliphatic carbocycles. The van der Waals surface area contributed by atoms with E-state index in [1.807, 2.05) is 6.92 Å². The van der Waals surface area contributed by atoms with Crippen LogP contribution in [-0.2, 0) is 0 Å². The predicted octanol–water partition coefficient (Wildman–Crippen LogP) is 4.40. The summed E-state index contributed by atoms with van der Waals surface area (Å²) in [5.41, 5.74) is 0.0942. The first-order chi connectivity index (χ1) is 9.60. The van der Waals surface area contributed by atoms with E-state index in [-0.39, 0.29) is 10.6 Å². The highest BCUT2D eigenvalue weighted by Crippen LogP contribution is 2.36. The molecule has 1 aromatic carbocycles. The van der Waals surface area contributed by atoms with Gasteiger partial charge in [0.1, 0.15) is 0 Å². The second kappa shape index (κ2) is 8.69. The van der Waals surface area contributed by atoms with Crippen LogP contribution in [0.2, 0.25) is 5.02 Å². The van der Waals surface area contributed by atoms with Crippen LogP contribution in [0.1, 0.15) is 49.9 Å². The number of halogens is 1. The maximum absolute atomic E-state index is 11.0. The Kier molecular flexibility index (Phi) is 7.23. The van der Waals surface area contributed by atoms with Gasteiger partial charge in [0.2, 0.25) is 0 Å². The lowest BCUT2D eigenvalue weighted by molar-refractivity contribution is 0.0696. The van der Waals surface area contributed by atoms with Gasteiger partial charge in [0, 0.05) is 0 Å². The highest BCUT2D eigenvalue weighted by atomic mass is 35.5. The van der Waals surface area contributed by atoms with Crippen LogP contribution in [0.25, 0.3) is 0 Å². The predicted molar refractivity (Wildman–Crippen MR) is 79.2 cm³/mol. The molecule has 0 spiro atoms. The number of unbranched alkanes of at least 4 members (excludes halogenated alkanes) is 3. The molecule has 0 unspecified atom stereocenters. The van der Waals surface area contributed by atoms with E-state index in [4.69, 9.17) is 26.2 Å². The molecule has 112 valence electrons. The summed E-state index contributed by atoms with van der Waals surface area (Å²) in [6, 6.07) is 2.83. The van der Waals surface area contributed by atoms with Crippen LogP contribution in [0.3, 0.4) is 0 Å². The molecule has 1 N–H and O–H groups in total. The number of aromatic carboxylic acids is 1. The van der Waals surface area contributed by atoms with Crippen LogP contribution in [0, 0.1) is 0 Å². The monoisotopic (exact) mass is 300 g/mol. The lowest BCUT2D eigenvalue weighted by Crippen LogP contribution is -2.04. The van der Waals surface area contributed by atoms with E-state index in [1.54, 1.807) is 0 Å². The van der Waals surface area contributed by atoms with Crippen LogP contribution < -0.4 is 9.47 Å². The fourth-order valence-corrected chi connectivity index (χ4v) is 2.06. The molecule has 1 aromatic rings. The second-order valence-corrected chi connectivity index (χ2v) is 4.84. The maximum Gasteiger partial charge on any atom is 0.335 e. The van der Waals surface area contributed by atoms with E-state index in [0.29, 0.717) is 24.7 Å². The van der Waals surface area contributed by atoms with E-state index in [9.17, 15) is 4.79 Å². The van der Waals surface area contributed by atoms with Gasteiger partial charge in [0.25, 0.3) is 0 Å². The molecule has 0 aliphatic heterocycles. The lowest BCUT2D eigenvalue weighted by Gasteiger charge is -2.14. The smallest absolute Gasteiger partial charge is 0.335 e. The van der Waals surface area contributed by atoms with Gasteiger partial charge in [0.05, 0.1) is 23.8 Å². The fourth-order valence-electron chi connectivity index (χ4n) is 1.80. The molecule has 0 aliphatic rings. The van der Waals surface area contributed by atoms with Crippen molar-refractivity contribution in [1.29, 1.82) is 0 Å². The summed E-state index contributed by atoms with van der Waals surface area (Å²) in [6.45, 7) is 4.94. The molecule has 4 nitrogen and oxygen atoms in total. The molecule has 0 radical (unpaired) electrons. The molecule has 0 fully saturated rings. The summed E-state index contributed by atoms with van der Waals surface area (Å²) in [6.07, 6.45) is 4.38. The van der Waals surface area contributed by atoms with Crippen molar-refractivity contribution >= 4 is 17.6 Å². The van der Waals surface area contributed by atoms with Gasteiger partial charge in [-0.25, -0.2) is 4.79 Å². The molecule has 1 rings (SSSR count). The first-order valence-electron chi connectivity index (χ1n) is 6.92. The van der Waals surface area contributed by atoms with Crippen molar-refractivity contribution in [1.82, 2.24) is 0 Å². The Hall–Kier alpha value is -1.42. The number of benzene rings is 1. The quantitative estimate of drug-likeness (QED) is 0.687. The topological polar surface area (TPSA) is 55.8 Å². The van der Waals surface area contributed by atoms with Crippen LogP contribution >= 0.6 is 11.6 Å². The average molecular weight is 301 g/mol. The first kappa shape index (κ1) is 16.6. The second-order valence-electron chi connectivity index (χ2n) is 4.43. The molecule has 0 saturated heterocycles. The van der Waals surface area contributed by atoms with Crippen LogP contribution in [0.15, 0.2) is 12.1 Å². The zero-order valence-electron chi connectivity index (χ0n) is 11.9. The van der Waals surface area contributed by atoms with Crippen molar-refractivity contribution < 1.29 is 19.4 Å². The Morgan fingerprint density at radius 3 is 2.55 bits per heavy atom. The van der Waals surface area contributed by atoms with Gasteiger partial charge in [-0.05, 0) is 25.5 Å². The largest absolute Gasteiger partial charge is 0.490 e. The number of ether oxygens (including phenoxy) is 2. The maximum atomic E-state index is 11.0. The molecule has 5 heteroatoms. The minimum Gasteiger partial charge on any atom is -0.490 e. The van der Waals surface area contributed by atoms with Gasteiger partial charge >= 0.3 is 5.97 Å². The van der Waals surface area contributed by atoms with Gasteiger partial charge in [-0.2, -0.15) is 0 Å². The minimum atomic E-state index is -1.04. The van der Waals surface area contributed by atoms with Gasteiger partial charge in [-0.1, -0.05) is 37.8 Å². The third kappa shape index (κ3) is 4.93. The fraction of sp³-hybridized carbons (Fsp3) is 0.533. The number of hydrogen-bond acceptors (Lipinski definition) is 3. The molecule has 0 heterocycles. The van der Waals surface area contributed by atoms with E-state index in [2.05, 4.69) is 6.92 Å². The summed E-state index contributed by atoms with van der Waals surface area (Å²) in [4.78, 5) is 11.0. The molecule has 0 aromatic heterocycles. The van der Waals surface area contributed by atoms with E-state index in [0.717, 1.165) is 19.3 Å². The first-order valence-corrected chi connectivity index (χ1v) is 7.30. The average Bonchev–Trinajstić information content (AvgIpc) is 2.40. The van der Waals surface area contributed by atoms with Crippen molar-refractivity contribution in [3.05, 3.63) is 22.7 Å². The summed E-state index contributed by atoms with van der Waals surface area (Å²) >= 11 is 6.09. The Bertz CT molecular complexity index is 446. The van der Waals surface area contributed by atoms with Gasteiger partial charge in [-0.15, -0.1) is 0 Å². The number of carbonyl (C=O) groups is 1. The van der Waals surface area contributed by atoms with E-state index >= 15 is 0 Å². The number of carboxylic acid groups (broad SMARTS) is 1. The van der Waals surface area contributed by atoms with Crippen molar-refractivity contribution in [2.75, 3.05) is 13.2 Å². The molecule has 0 amide bonds. The molecule has 0 bridgehead atoms. The van der Waals surface area contributed by atoms with Crippen molar-refractivity contribution in [2.45, 2.75) is 39.5 Å². The standard InChI is InChI=1S/C15H21ClO4/c1-3-5-6-7-8-20-14-12(16)9-11(15(17)18)10-13(14)19-4-2/h9-10H,3-8H2,1-2H3,(H,17,18). The zero-order valence-corrected chi connectivity index (χ0v) is 12.7. The van der Waals surface area contributed by atoms with Gasteiger partial charge < -0.3 is 14.6 Å². The molecule has 20 heavy (non-hydrogen) atoms. The SMILES string of the molecule is CCCCCCOc1c(Cl)cc(C(=O)O)cc1OCC. The van der Waals surface area contributed by atoms with Gasteiger partial charge in [-0.3, -0.25) is 0 Å². The highest BCUT2D eigenvalue weighted by molar-refractivity contribution is 6.32. The number of rotatable bonds is 9.